The molecule has 2 nitrogen and oxygen atoms in total. The first-order chi connectivity index (χ1) is 26.7. The van der Waals surface area contributed by atoms with E-state index in [4.69, 9.17) is 0 Å². The Morgan fingerprint density at radius 2 is 0.673 bits per heavy atom. The molecular formula is C51H46N2Si2. The third-order valence-electron chi connectivity index (χ3n) is 13.0. The van der Waals surface area contributed by atoms with Crippen molar-refractivity contribution in [1.29, 1.82) is 0 Å². The molecule has 1 fully saturated rings. The molecular weight excluding hydrogens is 697 g/mol. The molecule has 0 atom stereocenters. The zero-order chi connectivity index (χ0) is 37.4. The summed E-state index contributed by atoms with van der Waals surface area (Å²) in [6.07, 6.45) is 0. The average molecular weight is 743 g/mol. The van der Waals surface area contributed by atoms with Crippen LogP contribution in [-0.4, -0.2) is 16.1 Å². The smallest absolute Gasteiger partial charge is 0.0607 e. The topological polar surface area (TPSA) is 6.48 Å². The van der Waals surface area contributed by atoms with Crippen molar-refractivity contribution < 1.29 is 0 Å². The van der Waals surface area contributed by atoms with E-state index in [-0.39, 0.29) is 4.66 Å². The highest BCUT2D eigenvalue weighted by Gasteiger charge is 2.66. The molecule has 4 heteroatoms. The Morgan fingerprint density at radius 1 is 0.345 bits per heavy atom. The summed E-state index contributed by atoms with van der Waals surface area (Å²) >= 11 is 0. The van der Waals surface area contributed by atoms with Gasteiger partial charge < -0.3 is 9.80 Å². The fraction of sp³-hybridized carbons (Fsp3) is 0.137. The first-order valence-corrected chi connectivity index (χ1v) is 26.1. The van der Waals surface area contributed by atoms with Crippen molar-refractivity contribution in [2.45, 2.75) is 42.9 Å². The summed E-state index contributed by atoms with van der Waals surface area (Å²) in [5.41, 5.74) is 13.2. The van der Waals surface area contributed by atoms with E-state index < -0.39 is 16.1 Å². The van der Waals surface area contributed by atoms with Crippen molar-refractivity contribution in [2.24, 2.45) is 0 Å². The number of fused-ring (bicyclic) bond motifs is 7. The molecule has 8 aromatic carbocycles. The van der Waals surface area contributed by atoms with Crippen LogP contribution in [0.2, 0.25) is 38.3 Å². The SMILES string of the molecule is C[Si]1(C)CC[Si](C)(C)C12c1cc3cc(N(c4ccccc4)c4ccccc4)ccc3cc1-c1cc3ccc(N(c4ccccc4)c4ccccc4)cc3cc12. The van der Waals surface area contributed by atoms with E-state index in [0.29, 0.717) is 0 Å². The van der Waals surface area contributed by atoms with Crippen LogP contribution in [0, 0.1) is 0 Å². The van der Waals surface area contributed by atoms with E-state index in [1.54, 1.807) is 11.1 Å². The molecule has 1 saturated heterocycles. The van der Waals surface area contributed by atoms with Gasteiger partial charge in [0.25, 0.3) is 0 Å². The third kappa shape index (κ3) is 5.19. The Morgan fingerprint density at radius 3 is 1.00 bits per heavy atom. The van der Waals surface area contributed by atoms with Gasteiger partial charge in [0.2, 0.25) is 0 Å². The molecule has 0 bridgehead atoms. The van der Waals surface area contributed by atoms with Crippen molar-refractivity contribution in [3.8, 4) is 11.1 Å². The van der Waals surface area contributed by atoms with Gasteiger partial charge in [0.05, 0.1) is 16.1 Å². The molecule has 2 aliphatic rings. The summed E-state index contributed by atoms with van der Waals surface area (Å²) in [6.45, 7) is 10.8. The van der Waals surface area contributed by atoms with Crippen LogP contribution in [0.15, 0.2) is 182 Å². The highest BCUT2D eigenvalue weighted by atomic mass is 28.4. The normalized spacial score (nSPS) is 15.9. The first kappa shape index (κ1) is 33.9. The summed E-state index contributed by atoms with van der Waals surface area (Å²) in [7, 11) is -3.62. The molecule has 1 spiro atoms. The predicted molar refractivity (Wildman–Crippen MR) is 242 cm³/mol. The van der Waals surface area contributed by atoms with Crippen LogP contribution < -0.4 is 9.80 Å². The maximum absolute atomic E-state index is 2.70. The molecule has 10 rings (SSSR count). The molecule has 0 unspecified atom stereocenters. The van der Waals surface area contributed by atoms with E-state index in [9.17, 15) is 0 Å². The molecule has 1 heterocycles. The van der Waals surface area contributed by atoms with Gasteiger partial charge >= 0.3 is 0 Å². The maximum Gasteiger partial charge on any atom is 0.0607 e. The molecule has 55 heavy (non-hydrogen) atoms. The van der Waals surface area contributed by atoms with Crippen LogP contribution in [0.5, 0.6) is 0 Å². The average Bonchev–Trinajstić information content (AvgIpc) is 3.61. The molecule has 0 aromatic heterocycles. The molecule has 1 aliphatic carbocycles. The van der Waals surface area contributed by atoms with Crippen LogP contribution in [0.4, 0.5) is 34.1 Å². The Hall–Kier alpha value is -5.69. The standard InChI is InChI=1S/C51H46N2Si2/c1-54(2)29-30-55(3,4)51(54)49-35-39-31-45(52(41-17-9-5-10-18-41)42-19-11-6-12-20-42)27-25-37(39)33-47(49)48-34-38-26-28-46(32-40(38)36-50(48)51)53(43-21-13-7-14-22-43)44-23-15-8-16-24-44/h5-28,31-36H,29-30H2,1-4H3. The molecule has 0 saturated carbocycles. The lowest BCUT2D eigenvalue weighted by molar-refractivity contribution is 0.977. The van der Waals surface area contributed by atoms with Crippen LogP contribution in [0.1, 0.15) is 11.1 Å². The fourth-order valence-electron chi connectivity index (χ4n) is 10.6. The number of hydrogen-bond donors (Lipinski definition) is 0. The first-order valence-electron chi connectivity index (χ1n) is 19.7. The van der Waals surface area contributed by atoms with E-state index in [1.807, 2.05) is 0 Å². The lowest BCUT2D eigenvalue weighted by atomic mass is 9.98. The third-order valence-corrected chi connectivity index (χ3v) is 25.7. The predicted octanol–water partition coefficient (Wildman–Crippen LogP) is 14.7. The highest BCUT2D eigenvalue weighted by Crippen LogP contribution is 2.64. The molecule has 8 aromatic rings. The summed E-state index contributed by atoms with van der Waals surface area (Å²) < 4.78 is 0.121. The number of rotatable bonds is 6. The number of hydrogen-bond acceptors (Lipinski definition) is 2. The Kier molecular flexibility index (Phi) is 7.81. The highest BCUT2D eigenvalue weighted by molar-refractivity contribution is 7.05. The summed E-state index contributed by atoms with van der Waals surface area (Å²) in [5.74, 6) is 0. The minimum Gasteiger partial charge on any atom is -0.310 e. The number of benzene rings is 8. The van der Waals surface area contributed by atoms with Crippen LogP contribution in [0.3, 0.4) is 0 Å². The summed E-state index contributed by atoms with van der Waals surface area (Å²) in [4.78, 5) is 4.78. The zero-order valence-electron chi connectivity index (χ0n) is 32.1. The molecule has 1 aliphatic heterocycles. The fourth-order valence-corrected chi connectivity index (χ4v) is 28.2. The second kappa shape index (κ2) is 12.7. The van der Waals surface area contributed by atoms with Crippen molar-refractivity contribution in [3.05, 3.63) is 193 Å². The minimum absolute atomic E-state index is 0.121. The zero-order valence-corrected chi connectivity index (χ0v) is 34.1. The van der Waals surface area contributed by atoms with Gasteiger partial charge in [0, 0.05) is 38.8 Å². The van der Waals surface area contributed by atoms with Crippen molar-refractivity contribution >= 4 is 71.8 Å². The molecule has 0 amide bonds. The minimum atomic E-state index is -1.81. The second-order valence-corrected chi connectivity index (χ2v) is 27.4. The van der Waals surface area contributed by atoms with Gasteiger partial charge in [0.15, 0.2) is 0 Å². The van der Waals surface area contributed by atoms with Crippen molar-refractivity contribution in [2.75, 3.05) is 9.80 Å². The van der Waals surface area contributed by atoms with Crippen LogP contribution in [-0.2, 0) is 4.66 Å². The van der Waals surface area contributed by atoms with Gasteiger partial charge in [0.1, 0.15) is 0 Å². The largest absolute Gasteiger partial charge is 0.310 e. The van der Waals surface area contributed by atoms with Gasteiger partial charge in [-0.25, -0.2) is 0 Å². The molecule has 0 N–H and O–H groups in total. The summed E-state index contributed by atoms with van der Waals surface area (Å²) in [6, 6.07) is 70.4. The monoisotopic (exact) mass is 742 g/mol. The van der Waals surface area contributed by atoms with Crippen molar-refractivity contribution in [3.63, 3.8) is 0 Å². The number of anilines is 6. The van der Waals surface area contributed by atoms with Crippen molar-refractivity contribution in [1.82, 2.24) is 0 Å². The van der Waals surface area contributed by atoms with Gasteiger partial charge in [-0.2, -0.15) is 0 Å². The van der Waals surface area contributed by atoms with Gasteiger partial charge in [-0.1, -0.05) is 135 Å². The second-order valence-electron chi connectivity index (χ2n) is 16.9. The van der Waals surface area contributed by atoms with Gasteiger partial charge in [-0.3, -0.25) is 0 Å². The molecule has 268 valence electrons. The van der Waals surface area contributed by atoms with Gasteiger partial charge in [-0.15, -0.1) is 0 Å². The van der Waals surface area contributed by atoms with Gasteiger partial charge in [-0.05, 0) is 129 Å². The van der Waals surface area contributed by atoms with E-state index in [1.165, 1.54) is 78.9 Å². The lowest BCUT2D eigenvalue weighted by Gasteiger charge is -2.47. The Bertz CT molecular complexity index is 2440. The van der Waals surface area contributed by atoms with Crippen LogP contribution in [0.25, 0.3) is 32.7 Å². The Labute approximate surface area is 327 Å². The number of nitrogens with zero attached hydrogens (tertiary/aromatic N) is 2. The Balaban J connectivity index is 1.18. The molecule has 0 radical (unpaired) electrons. The van der Waals surface area contributed by atoms with E-state index in [2.05, 4.69) is 218 Å². The van der Waals surface area contributed by atoms with E-state index in [0.717, 1.165) is 0 Å². The van der Waals surface area contributed by atoms with Crippen LogP contribution >= 0.6 is 0 Å². The maximum atomic E-state index is 2.70. The quantitative estimate of drug-likeness (QED) is 0.157. The van der Waals surface area contributed by atoms with E-state index >= 15 is 0 Å². The lowest BCUT2D eigenvalue weighted by Crippen LogP contribution is -2.59. The summed E-state index contributed by atoms with van der Waals surface area (Å²) in [5, 5.41) is 5.27. The number of para-hydroxylation sites is 4.